The van der Waals surface area contributed by atoms with Crippen molar-refractivity contribution in [3.05, 3.63) is 66.9 Å². The molecule has 0 N–H and O–H groups in total. The zero-order valence-electron chi connectivity index (χ0n) is 11.2. The second-order valence-electron chi connectivity index (χ2n) is 3.76. The van der Waals surface area contributed by atoms with Crippen LogP contribution in [0.2, 0.25) is 0 Å². The minimum Gasteiger partial charge on any atom is -0.436 e. The topological polar surface area (TPSA) is 26.0 Å². The molecule has 0 aliphatic heterocycles. The third-order valence-electron chi connectivity index (χ3n) is 2.58. The van der Waals surface area contributed by atoms with Crippen LogP contribution < -0.4 is 0 Å². The molecule has 3 rings (SSSR count). The second kappa shape index (κ2) is 6.55. The van der Waals surface area contributed by atoms with E-state index in [2.05, 4.69) is 4.98 Å². The summed E-state index contributed by atoms with van der Waals surface area (Å²) in [7, 11) is 0. The van der Waals surface area contributed by atoms with Crippen LogP contribution >= 0.6 is 0 Å². The van der Waals surface area contributed by atoms with Crippen molar-refractivity contribution in [2.24, 2.45) is 0 Å². The van der Waals surface area contributed by atoms with Crippen LogP contribution in [0.15, 0.2) is 71.3 Å². The highest BCUT2D eigenvalue weighted by atomic mass is 16.4. The van der Waals surface area contributed by atoms with Crippen LogP contribution in [0, 0.1) is 0 Å². The molecule has 1 heterocycles. The quantitative estimate of drug-likeness (QED) is 0.638. The third kappa shape index (κ3) is 3.10. The van der Waals surface area contributed by atoms with E-state index in [1.54, 1.807) is 6.20 Å². The summed E-state index contributed by atoms with van der Waals surface area (Å²) in [5, 5.41) is 0. The van der Waals surface area contributed by atoms with Crippen LogP contribution in [0.25, 0.3) is 22.8 Å². The summed E-state index contributed by atoms with van der Waals surface area (Å²) >= 11 is 0. The molecule has 0 radical (unpaired) electrons. The number of oxazole rings is 1. The molecular weight excluding hydrogens is 234 g/mol. The molecule has 0 amide bonds. The Hall–Kier alpha value is -2.35. The minimum atomic E-state index is 0.657. The van der Waals surface area contributed by atoms with Crippen molar-refractivity contribution in [2.45, 2.75) is 13.8 Å². The molecule has 0 bridgehead atoms. The largest absolute Gasteiger partial charge is 0.436 e. The number of benzene rings is 2. The molecule has 0 aliphatic carbocycles. The summed E-state index contributed by atoms with van der Waals surface area (Å²) in [5.74, 6) is 1.45. The predicted molar refractivity (Wildman–Crippen MR) is 78.7 cm³/mol. The lowest BCUT2D eigenvalue weighted by atomic mass is 10.2. The smallest absolute Gasteiger partial charge is 0.226 e. The van der Waals surface area contributed by atoms with Gasteiger partial charge in [-0.1, -0.05) is 62.4 Å². The van der Waals surface area contributed by atoms with E-state index < -0.39 is 0 Å². The van der Waals surface area contributed by atoms with E-state index in [-0.39, 0.29) is 0 Å². The first-order chi connectivity index (χ1) is 9.43. The van der Waals surface area contributed by atoms with Gasteiger partial charge in [-0.05, 0) is 12.1 Å². The molecular formula is C17H17NO. The van der Waals surface area contributed by atoms with Gasteiger partial charge in [-0.3, -0.25) is 0 Å². The van der Waals surface area contributed by atoms with Gasteiger partial charge < -0.3 is 4.42 Å². The molecule has 19 heavy (non-hydrogen) atoms. The molecule has 0 fully saturated rings. The van der Waals surface area contributed by atoms with Crippen molar-refractivity contribution in [3.63, 3.8) is 0 Å². The lowest BCUT2D eigenvalue weighted by molar-refractivity contribution is 0.589. The number of hydrogen-bond donors (Lipinski definition) is 0. The van der Waals surface area contributed by atoms with Gasteiger partial charge in [0.1, 0.15) is 0 Å². The highest BCUT2D eigenvalue weighted by Crippen LogP contribution is 2.25. The van der Waals surface area contributed by atoms with Crippen molar-refractivity contribution < 1.29 is 4.42 Å². The average Bonchev–Trinajstić information content (AvgIpc) is 3.01. The van der Waals surface area contributed by atoms with Crippen LogP contribution in [0.3, 0.4) is 0 Å². The predicted octanol–water partition coefficient (Wildman–Crippen LogP) is 5.03. The standard InChI is InChI=1S/C15H11NO.C2H6/c1-3-7-12(8-4-1)14-11-16-15(17-14)13-9-5-2-6-10-13;1-2/h1-11H;1-2H3. The minimum absolute atomic E-state index is 0.657. The Morgan fingerprint density at radius 3 is 1.84 bits per heavy atom. The van der Waals surface area contributed by atoms with Crippen molar-refractivity contribution in [1.82, 2.24) is 4.98 Å². The molecule has 0 aliphatic rings. The molecule has 0 atom stereocenters. The van der Waals surface area contributed by atoms with Gasteiger partial charge in [0.15, 0.2) is 5.76 Å². The van der Waals surface area contributed by atoms with Gasteiger partial charge in [-0.25, -0.2) is 4.98 Å². The van der Waals surface area contributed by atoms with E-state index in [0.29, 0.717) is 5.89 Å². The zero-order chi connectivity index (χ0) is 13.5. The van der Waals surface area contributed by atoms with Gasteiger partial charge in [0.05, 0.1) is 6.20 Å². The number of hydrogen-bond acceptors (Lipinski definition) is 2. The summed E-state index contributed by atoms with van der Waals surface area (Å²) < 4.78 is 5.74. The molecule has 96 valence electrons. The lowest BCUT2D eigenvalue weighted by Gasteiger charge is -1.95. The van der Waals surface area contributed by atoms with E-state index in [0.717, 1.165) is 16.9 Å². The summed E-state index contributed by atoms with van der Waals surface area (Å²) in [6, 6.07) is 19.9. The Morgan fingerprint density at radius 2 is 1.26 bits per heavy atom. The van der Waals surface area contributed by atoms with E-state index in [1.807, 2.05) is 74.5 Å². The van der Waals surface area contributed by atoms with Crippen molar-refractivity contribution in [1.29, 1.82) is 0 Å². The lowest BCUT2D eigenvalue weighted by Crippen LogP contribution is -1.73. The fourth-order valence-electron chi connectivity index (χ4n) is 1.72. The Balaban J connectivity index is 0.000000637. The van der Waals surface area contributed by atoms with E-state index in [4.69, 9.17) is 4.42 Å². The Labute approximate surface area is 113 Å². The molecule has 2 nitrogen and oxygen atoms in total. The summed E-state index contributed by atoms with van der Waals surface area (Å²) in [5.41, 5.74) is 2.04. The normalized spacial score (nSPS) is 9.58. The molecule has 0 saturated carbocycles. The van der Waals surface area contributed by atoms with Gasteiger partial charge in [0, 0.05) is 11.1 Å². The first-order valence-electron chi connectivity index (χ1n) is 6.50. The molecule has 2 aromatic carbocycles. The first kappa shape index (κ1) is 13.1. The maximum atomic E-state index is 5.74. The highest BCUT2D eigenvalue weighted by molar-refractivity contribution is 5.60. The maximum absolute atomic E-state index is 5.74. The summed E-state index contributed by atoms with van der Waals surface area (Å²) in [6.07, 6.45) is 1.76. The van der Waals surface area contributed by atoms with Gasteiger partial charge in [0.2, 0.25) is 5.89 Å². The van der Waals surface area contributed by atoms with E-state index in [9.17, 15) is 0 Å². The van der Waals surface area contributed by atoms with Gasteiger partial charge in [0.25, 0.3) is 0 Å². The molecule has 1 aromatic heterocycles. The third-order valence-corrected chi connectivity index (χ3v) is 2.58. The number of aromatic nitrogens is 1. The highest BCUT2D eigenvalue weighted by Gasteiger charge is 2.06. The fourth-order valence-corrected chi connectivity index (χ4v) is 1.72. The van der Waals surface area contributed by atoms with Crippen LogP contribution in [0.1, 0.15) is 13.8 Å². The zero-order valence-corrected chi connectivity index (χ0v) is 11.2. The summed E-state index contributed by atoms with van der Waals surface area (Å²) in [6.45, 7) is 4.00. The van der Waals surface area contributed by atoms with Gasteiger partial charge in [-0.2, -0.15) is 0 Å². The van der Waals surface area contributed by atoms with Crippen LogP contribution in [0.5, 0.6) is 0 Å². The molecule has 0 spiro atoms. The van der Waals surface area contributed by atoms with Crippen molar-refractivity contribution in [3.8, 4) is 22.8 Å². The Morgan fingerprint density at radius 1 is 0.737 bits per heavy atom. The van der Waals surface area contributed by atoms with Gasteiger partial charge >= 0.3 is 0 Å². The van der Waals surface area contributed by atoms with Crippen molar-refractivity contribution >= 4 is 0 Å². The van der Waals surface area contributed by atoms with Crippen LogP contribution in [0.4, 0.5) is 0 Å². The van der Waals surface area contributed by atoms with E-state index >= 15 is 0 Å². The molecule has 3 aromatic rings. The second-order valence-corrected chi connectivity index (χ2v) is 3.76. The molecule has 2 heteroatoms. The monoisotopic (exact) mass is 251 g/mol. The average molecular weight is 251 g/mol. The fraction of sp³-hybridized carbons (Fsp3) is 0.118. The van der Waals surface area contributed by atoms with Gasteiger partial charge in [-0.15, -0.1) is 0 Å². The van der Waals surface area contributed by atoms with E-state index in [1.165, 1.54) is 0 Å². The Kier molecular flexibility index (Phi) is 4.51. The number of nitrogens with zero attached hydrogens (tertiary/aromatic N) is 1. The molecule has 0 saturated heterocycles. The molecule has 0 unspecified atom stereocenters. The SMILES string of the molecule is CC.c1ccc(-c2cnc(-c3ccccc3)o2)cc1. The first-order valence-corrected chi connectivity index (χ1v) is 6.50. The van der Waals surface area contributed by atoms with Crippen LogP contribution in [-0.2, 0) is 0 Å². The summed E-state index contributed by atoms with van der Waals surface area (Å²) in [4.78, 5) is 4.30. The van der Waals surface area contributed by atoms with Crippen molar-refractivity contribution in [2.75, 3.05) is 0 Å². The van der Waals surface area contributed by atoms with Crippen LogP contribution in [-0.4, -0.2) is 4.98 Å². The number of rotatable bonds is 2. The Bertz CT molecular complexity index is 545. The maximum Gasteiger partial charge on any atom is 0.226 e.